The molecule has 5 heteroatoms. The van der Waals surface area contributed by atoms with Gasteiger partial charge in [-0.2, -0.15) is 5.10 Å². The molecule has 1 aromatic rings. The zero-order valence-corrected chi connectivity index (χ0v) is 9.44. The number of carboxylic acids is 1. The number of carbonyl (C=O) groups is 1. The van der Waals surface area contributed by atoms with Crippen molar-refractivity contribution < 1.29 is 9.90 Å². The van der Waals surface area contributed by atoms with Gasteiger partial charge in [0, 0.05) is 24.7 Å². The van der Waals surface area contributed by atoms with E-state index in [1.165, 1.54) is 23.9 Å². The Morgan fingerprint density at radius 2 is 2.44 bits per heavy atom. The number of nitrogens with one attached hydrogen (secondary N) is 1. The molecule has 1 heterocycles. The van der Waals surface area contributed by atoms with Crippen LogP contribution in [0.5, 0.6) is 0 Å². The molecule has 5 nitrogen and oxygen atoms in total. The molecule has 1 aliphatic rings. The summed E-state index contributed by atoms with van der Waals surface area (Å²) in [5, 5.41) is 16.5. The maximum atomic E-state index is 11.1. The zero-order valence-electron chi connectivity index (χ0n) is 9.44. The quantitative estimate of drug-likeness (QED) is 0.788. The van der Waals surface area contributed by atoms with Crippen LogP contribution in [0.15, 0.2) is 6.20 Å². The molecule has 0 atom stereocenters. The molecule has 0 radical (unpaired) electrons. The van der Waals surface area contributed by atoms with Crippen molar-refractivity contribution in [3.63, 3.8) is 0 Å². The van der Waals surface area contributed by atoms with Gasteiger partial charge in [0.1, 0.15) is 0 Å². The SMILES string of the molecule is CCn1ncc(CNC2CCC2)c1C(=O)O. The first-order chi connectivity index (χ1) is 7.72. The molecule has 0 unspecified atom stereocenters. The standard InChI is InChI=1S/C11H17N3O2/c1-2-14-10(11(15)16)8(7-13-14)6-12-9-4-3-5-9/h7,9,12H,2-6H2,1H3,(H,15,16). The molecular formula is C11H17N3O2. The van der Waals surface area contributed by atoms with Crippen molar-refractivity contribution in [2.24, 2.45) is 0 Å². The van der Waals surface area contributed by atoms with E-state index in [9.17, 15) is 4.79 Å². The number of carboxylic acid groups (broad SMARTS) is 1. The van der Waals surface area contributed by atoms with Gasteiger partial charge in [0.25, 0.3) is 0 Å². The van der Waals surface area contributed by atoms with Gasteiger partial charge >= 0.3 is 5.97 Å². The molecular weight excluding hydrogens is 206 g/mol. The maximum Gasteiger partial charge on any atom is 0.354 e. The van der Waals surface area contributed by atoms with E-state index in [4.69, 9.17) is 5.11 Å². The highest BCUT2D eigenvalue weighted by Crippen LogP contribution is 2.19. The second-order valence-corrected chi connectivity index (χ2v) is 4.15. The Kier molecular flexibility index (Phi) is 3.24. The van der Waals surface area contributed by atoms with Crippen molar-refractivity contribution in [2.45, 2.75) is 45.3 Å². The Morgan fingerprint density at radius 1 is 1.69 bits per heavy atom. The van der Waals surface area contributed by atoms with Crippen molar-refractivity contribution in [3.05, 3.63) is 17.5 Å². The number of hydrogen-bond acceptors (Lipinski definition) is 3. The Balaban J connectivity index is 2.06. The highest BCUT2D eigenvalue weighted by atomic mass is 16.4. The zero-order chi connectivity index (χ0) is 11.5. The van der Waals surface area contributed by atoms with E-state index >= 15 is 0 Å². The fraction of sp³-hybridized carbons (Fsp3) is 0.636. The average Bonchev–Trinajstić information content (AvgIpc) is 2.58. The lowest BCUT2D eigenvalue weighted by Gasteiger charge is -2.26. The number of nitrogens with zero attached hydrogens (tertiary/aromatic N) is 2. The molecule has 0 aliphatic heterocycles. The Labute approximate surface area is 94.5 Å². The first-order valence-corrected chi connectivity index (χ1v) is 5.73. The maximum absolute atomic E-state index is 11.1. The average molecular weight is 223 g/mol. The molecule has 0 bridgehead atoms. The number of rotatable bonds is 5. The van der Waals surface area contributed by atoms with E-state index in [0.29, 0.717) is 24.8 Å². The number of aromatic nitrogens is 2. The van der Waals surface area contributed by atoms with Crippen molar-refractivity contribution in [2.75, 3.05) is 0 Å². The van der Waals surface area contributed by atoms with Crippen LogP contribution in [0, 0.1) is 0 Å². The van der Waals surface area contributed by atoms with E-state index in [-0.39, 0.29) is 0 Å². The van der Waals surface area contributed by atoms with Gasteiger partial charge in [-0.1, -0.05) is 6.42 Å². The monoisotopic (exact) mass is 223 g/mol. The minimum absolute atomic E-state index is 0.314. The summed E-state index contributed by atoms with van der Waals surface area (Å²) >= 11 is 0. The molecule has 2 N–H and O–H groups in total. The smallest absolute Gasteiger partial charge is 0.354 e. The Morgan fingerprint density at radius 3 is 2.94 bits per heavy atom. The van der Waals surface area contributed by atoms with E-state index in [1.54, 1.807) is 6.20 Å². The van der Waals surface area contributed by atoms with Crippen LogP contribution in [0.4, 0.5) is 0 Å². The highest BCUT2D eigenvalue weighted by molar-refractivity contribution is 5.87. The lowest BCUT2D eigenvalue weighted by atomic mass is 9.93. The molecule has 88 valence electrons. The van der Waals surface area contributed by atoms with Gasteiger partial charge in [0.2, 0.25) is 0 Å². The number of aromatic carboxylic acids is 1. The predicted molar refractivity (Wildman–Crippen MR) is 59.3 cm³/mol. The van der Waals surface area contributed by atoms with Crippen LogP contribution in [-0.4, -0.2) is 26.9 Å². The molecule has 0 amide bonds. The third-order valence-corrected chi connectivity index (χ3v) is 3.10. The molecule has 1 aliphatic carbocycles. The molecule has 0 spiro atoms. The van der Waals surface area contributed by atoms with Crippen molar-refractivity contribution >= 4 is 5.97 Å². The summed E-state index contributed by atoms with van der Waals surface area (Å²) in [6.07, 6.45) is 5.32. The van der Waals surface area contributed by atoms with Crippen molar-refractivity contribution in [1.82, 2.24) is 15.1 Å². The van der Waals surface area contributed by atoms with Gasteiger partial charge < -0.3 is 10.4 Å². The minimum Gasteiger partial charge on any atom is -0.477 e. The van der Waals surface area contributed by atoms with Crippen molar-refractivity contribution in [3.8, 4) is 0 Å². The van der Waals surface area contributed by atoms with Crippen LogP contribution in [0.2, 0.25) is 0 Å². The van der Waals surface area contributed by atoms with E-state index in [2.05, 4.69) is 10.4 Å². The molecule has 0 saturated heterocycles. The van der Waals surface area contributed by atoms with Gasteiger partial charge in [0.15, 0.2) is 5.69 Å². The predicted octanol–water partition coefficient (Wildman–Crippen LogP) is 1.24. The Bertz CT molecular complexity index is 383. The third-order valence-electron chi connectivity index (χ3n) is 3.10. The van der Waals surface area contributed by atoms with Crippen molar-refractivity contribution in [1.29, 1.82) is 0 Å². The fourth-order valence-corrected chi connectivity index (χ4v) is 1.91. The lowest BCUT2D eigenvalue weighted by Crippen LogP contribution is -2.34. The van der Waals surface area contributed by atoms with E-state index in [1.807, 2.05) is 6.92 Å². The first kappa shape index (κ1) is 11.1. The first-order valence-electron chi connectivity index (χ1n) is 5.73. The van der Waals surface area contributed by atoms with Crippen LogP contribution < -0.4 is 5.32 Å². The number of hydrogen-bond donors (Lipinski definition) is 2. The van der Waals surface area contributed by atoms with Crippen LogP contribution in [0.1, 0.15) is 42.2 Å². The summed E-state index contributed by atoms with van der Waals surface area (Å²) in [6.45, 7) is 3.08. The molecule has 1 saturated carbocycles. The van der Waals surface area contributed by atoms with Crippen LogP contribution in [-0.2, 0) is 13.1 Å². The van der Waals surface area contributed by atoms with E-state index in [0.717, 1.165) is 5.56 Å². The second-order valence-electron chi connectivity index (χ2n) is 4.15. The van der Waals surface area contributed by atoms with Gasteiger partial charge in [-0.15, -0.1) is 0 Å². The Hall–Kier alpha value is -1.36. The fourth-order valence-electron chi connectivity index (χ4n) is 1.91. The third kappa shape index (κ3) is 2.09. The van der Waals surface area contributed by atoms with Gasteiger partial charge in [-0.25, -0.2) is 4.79 Å². The summed E-state index contributed by atoms with van der Waals surface area (Å²) in [5.74, 6) is -0.898. The largest absolute Gasteiger partial charge is 0.477 e. The van der Waals surface area contributed by atoms with E-state index < -0.39 is 5.97 Å². The van der Waals surface area contributed by atoms with Gasteiger partial charge in [-0.3, -0.25) is 4.68 Å². The van der Waals surface area contributed by atoms with Crippen LogP contribution in [0.3, 0.4) is 0 Å². The van der Waals surface area contributed by atoms with Gasteiger partial charge in [-0.05, 0) is 19.8 Å². The minimum atomic E-state index is -0.898. The second kappa shape index (κ2) is 4.65. The molecule has 0 aromatic carbocycles. The summed E-state index contributed by atoms with van der Waals surface area (Å²) in [4.78, 5) is 11.1. The summed E-state index contributed by atoms with van der Waals surface area (Å²) < 4.78 is 1.53. The van der Waals surface area contributed by atoms with Gasteiger partial charge in [0.05, 0.1) is 6.20 Å². The summed E-state index contributed by atoms with van der Waals surface area (Å²) in [6, 6.07) is 0.562. The molecule has 1 aromatic heterocycles. The normalized spacial score (nSPS) is 16.1. The molecule has 2 rings (SSSR count). The topological polar surface area (TPSA) is 67.2 Å². The molecule has 1 fully saturated rings. The van der Waals surface area contributed by atoms with Crippen LogP contribution in [0.25, 0.3) is 0 Å². The summed E-state index contributed by atoms with van der Waals surface area (Å²) in [5.41, 5.74) is 1.09. The lowest BCUT2D eigenvalue weighted by molar-refractivity contribution is 0.0682. The van der Waals surface area contributed by atoms with Crippen LogP contribution >= 0.6 is 0 Å². The molecule has 16 heavy (non-hydrogen) atoms. The summed E-state index contributed by atoms with van der Waals surface area (Å²) in [7, 11) is 0. The highest BCUT2D eigenvalue weighted by Gasteiger charge is 2.20. The number of aryl methyl sites for hydroxylation is 1.